The number of ether oxygens (including phenoxy) is 1. The molecular weight excluding hydrogens is 286 g/mol. The van der Waals surface area contributed by atoms with Crippen LogP contribution in [0.3, 0.4) is 0 Å². The van der Waals surface area contributed by atoms with E-state index in [1.54, 1.807) is 7.11 Å². The number of halogens is 1. The molecule has 0 aliphatic carbocycles. The molecule has 0 saturated carbocycles. The maximum Gasteiger partial charge on any atom is 0.175 e. The number of anilines is 1. The average molecular weight is 302 g/mol. The Morgan fingerprint density at radius 2 is 1.95 bits per heavy atom. The van der Waals surface area contributed by atoms with Crippen molar-refractivity contribution in [2.45, 2.75) is 18.0 Å². The first-order valence-corrected chi connectivity index (χ1v) is 7.18. The monoisotopic (exact) mass is 301 g/mol. The van der Waals surface area contributed by atoms with Crippen molar-refractivity contribution in [1.29, 1.82) is 0 Å². The van der Waals surface area contributed by atoms with Gasteiger partial charge in [-0.15, -0.1) is 0 Å². The SMILES string of the molecule is COc1ccccc1CN1c2ccccc2CC1(Cl)C=O. The fourth-order valence-corrected chi connectivity index (χ4v) is 3.11. The van der Waals surface area contributed by atoms with Crippen LogP contribution in [0, 0.1) is 0 Å². The van der Waals surface area contributed by atoms with Gasteiger partial charge in [-0.2, -0.15) is 0 Å². The number of hydrogen-bond donors (Lipinski definition) is 0. The van der Waals surface area contributed by atoms with Crippen LogP contribution in [0.15, 0.2) is 48.5 Å². The third kappa shape index (κ3) is 2.38. The Morgan fingerprint density at radius 3 is 2.71 bits per heavy atom. The molecule has 1 aliphatic rings. The molecular formula is C17H16ClNO2. The van der Waals surface area contributed by atoms with Crippen molar-refractivity contribution < 1.29 is 9.53 Å². The molecule has 21 heavy (non-hydrogen) atoms. The summed E-state index contributed by atoms with van der Waals surface area (Å²) in [5, 5.41) is 0. The molecule has 0 spiro atoms. The quantitative estimate of drug-likeness (QED) is 0.492. The number of fused-ring (bicyclic) bond motifs is 1. The highest BCUT2D eigenvalue weighted by molar-refractivity contribution is 6.34. The number of benzene rings is 2. The van der Waals surface area contributed by atoms with Gasteiger partial charge in [0.1, 0.15) is 5.75 Å². The summed E-state index contributed by atoms with van der Waals surface area (Å²) in [7, 11) is 1.64. The van der Waals surface area contributed by atoms with Crippen molar-refractivity contribution in [3.8, 4) is 5.75 Å². The molecule has 0 amide bonds. The summed E-state index contributed by atoms with van der Waals surface area (Å²) in [5.74, 6) is 0.798. The van der Waals surface area contributed by atoms with Crippen LogP contribution in [0.4, 0.5) is 5.69 Å². The first kappa shape index (κ1) is 14.0. The molecule has 1 aliphatic heterocycles. The molecule has 4 heteroatoms. The van der Waals surface area contributed by atoms with E-state index in [1.165, 1.54) is 0 Å². The van der Waals surface area contributed by atoms with Crippen LogP contribution < -0.4 is 9.64 Å². The minimum atomic E-state index is -1.02. The summed E-state index contributed by atoms with van der Waals surface area (Å²) in [6.07, 6.45) is 1.34. The fraction of sp³-hybridized carbons (Fsp3) is 0.235. The molecule has 0 bridgehead atoms. The first-order valence-electron chi connectivity index (χ1n) is 6.80. The molecule has 0 N–H and O–H groups in total. The Balaban J connectivity index is 2.01. The number of methoxy groups -OCH3 is 1. The maximum absolute atomic E-state index is 11.5. The lowest BCUT2D eigenvalue weighted by Gasteiger charge is -2.31. The normalized spacial score (nSPS) is 20.2. The van der Waals surface area contributed by atoms with E-state index in [9.17, 15) is 4.79 Å². The summed E-state index contributed by atoms with van der Waals surface area (Å²) in [6.45, 7) is 0.531. The molecule has 1 heterocycles. The lowest BCUT2D eigenvalue weighted by molar-refractivity contribution is -0.109. The maximum atomic E-state index is 11.5. The highest BCUT2D eigenvalue weighted by atomic mass is 35.5. The van der Waals surface area contributed by atoms with Crippen molar-refractivity contribution >= 4 is 23.6 Å². The van der Waals surface area contributed by atoms with Gasteiger partial charge in [0, 0.05) is 24.2 Å². The van der Waals surface area contributed by atoms with E-state index in [0.717, 1.165) is 28.8 Å². The number of carbonyl (C=O) groups is 1. The number of carbonyl (C=O) groups excluding carboxylic acids is 1. The summed E-state index contributed by atoms with van der Waals surface area (Å²) < 4.78 is 5.39. The van der Waals surface area contributed by atoms with Crippen LogP contribution in [0.2, 0.25) is 0 Å². The van der Waals surface area contributed by atoms with Gasteiger partial charge in [0.2, 0.25) is 0 Å². The zero-order chi connectivity index (χ0) is 14.9. The Bertz CT molecular complexity index is 673. The smallest absolute Gasteiger partial charge is 0.175 e. The van der Waals surface area contributed by atoms with Crippen LogP contribution in [0.25, 0.3) is 0 Å². The lowest BCUT2D eigenvalue weighted by Crippen LogP contribution is -2.42. The predicted octanol–water partition coefficient (Wildman–Crippen LogP) is 3.39. The Kier molecular flexibility index (Phi) is 3.60. The van der Waals surface area contributed by atoms with Crippen molar-refractivity contribution in [3.05, 3.63) is 59.7 Å². The fourth-order valence-electron chi connectivity index (χ4n) is 2.81. The van der Waals surface area contributed by atoms with Crippen molar-refractivity contribution in [2.24, 2.45) is 0 Å². The van der Waals surface area contributed by atoms with Gasteiger partial charge in [-0.3, -0.25) is 4.79 Å². The second kappa shape index (κ2) is 5.41. The van der Waals surface area contributed by atoms with E-state index < -0.39 is 5.00 Å². The number of rotatable bonds is 4. The Labute approximate surface area is 129 Å². The third-order valence-corrected chi connectivity index (χ3v) is 4.30. The third-order valence-electron chi connectivity index (χ3n) is 3.87. The van der Waals surface area contributed by atoms with Gasteiger partial charge >= 0.3 is 0 Å². The number of aldehydes is 1. The summed E-state index contributed by atoms with van der Waals surface area (Å²) >= 11 is 6.55. The molecule has 0 fully saturated rings. The summed E-state index contributed by atoms with van der Waals surface area (Å²) in [6, 6.07) is 15.7. The van der Waals surface area contributed by atoms with E-state index >= 15 is 0 Å². The largest absolute Gasteiger partial charge is 0.496 e. The van der Waals surface area contributed by atoms with Crippen LogP contribution in [-0.2, 0) is 17.8 Å². The van der Waals surface area contributed by atoms with Gasteiger partial charge in [0.15, 0.2) is 11.3 Å². The van der Waals surface area contributed by atoms with Crippen LogP contribution in [-0.4, -0.2) is 18.4 Å². The van der Waals surface area contributed by atoms with Gasteiger partial charge in [0.05, 0.1) is 7.11 Å². The van der Waals surface area contributed by atoms with E-state index in [2.05, 4.69) is 0 Å². The van der Waals surface area contributed by atoms with Gasteiger partial charge in [-0.05, 0) is 17.7 Å². The zero-order valence-corrected chi connectivity index (χ0v) is 12.5. The molecule has 1 atom stereocenters. The molecule has 2 aromatic carbocycles. The zero-order valence-electron chi connectivity index (χ0n) is 11.8. The molecule has 1 unspecified atom stereocenters. The topological polar surface area (TPSA) is 29.5 Å². The van der Waals surface area contributed by atoms with Crippen molar-refractivity contribution in [2.75, 3.05) is 12.0 Å². The molecule has 0 saturated heterocycles. The minimum absolute atomic E-state index is 0.517. The summed E-state index contributed by atoms with van der Waals surface area (Å²) in [4.78, 5) is 12.5. The number of para-hydroxylation sites is 2. The highest BCUT2D eigenvalue weighted by Gasteiger charge is 2.42. The molecule has 3 nitrogen and oxygen atoms in total. The Hall–Kier alpha value is -2.00. The second-order valence-corrected chi connectivity index (χ2v) is 5.79. The molecule has 0 radical (unpaired) electrons. The number of alkyl halides is 1. The van der Waals surface area contributed by atoms with E-state index in [-0.39, 0.29) is 0 Å². The second-order valence-electron chi connectivity index (χ2n) is 5.14. The average Bonchev–Trinajstić information content (AvgIpc) is 2.81. The molecule has 2 aromatic rings. The Morgan fingerprint density at radius 1 is 1.24 bits per heavy atom. The number of nitrogens with zero attached hydrogens (tertiary/aromatic N) is 1. The standard InChI is InChI=1S/C17H16ClNO2/c1-21-16-9-5-3-7-14(16)11-19-15-8-4-2-6-13(15)10-17(19,18)12-20/h2-9,12H,10-11H2,1H3. The minimum Gasteiger partial charge on any atom is -0.496 e. The van der Waals surface area contributed by atoms with E-state index in [0.29, 0.717) is 13.0 Å². The molecule has 108 valence electrons. The van der Waals surface area contributed by atoms with Crippen molar-refractivity contribution in [1.82, 2.24) is 0 Å². The molecule has 3 rings (SSSR count). The first-order chi connectivity index (χ1) is 10.2. The van der Waals surface area contributed by atoms with E-state index in [4.69, 9.17) is 16.3 Å². The predicted molar refractivity (Wildman–Crippen MR) is 84.0 cm³/mol. The van der Waals surface area contributed by atoms with Crippen LogP contribution in [0.5, 0.6) is 5.75 Å². The van der Waals surface area contributed by atoms with E-state index in [1.807, 2.05) is 53.4 Å². The number of hydrogen-bond acceptors (Lipinski definition) is 3. The molecule has 0 aromatic heterocycles. The van der Waals surface area contributed by atoms with Gasteiger partial charge in [-0.1, -0.05) is 48.0 Å². The van der Waals surface area contributed by atoms with Crippen LogP contribution >= 0.6 is 11.6 Å². The van der Waals surface area contributed by atoms with Crippen molar-refractivity contribution in [3.63, 3.8) is 0 Å². The lowest BCUT2D eigenvalue weighted by atomic mass is 10.1. The highest BCUT2D eigenvalue weighted by Crippen LogP contribution is 2.41. The van der Waals surface area contributed by atoms with Gasteiger partial charge < -0.3 is 9.64 Å². The van der Waals surface area contributed by atoms with Gasteiger partial charge in [-0.25, -0.2) is 0 Å². The van der Waals surface area contributed by atoms with Crippen LogP contribution in [0.1, 0.15) is 11.1 Å². The van der Waals surface area contributed by atoms with Gasteiger partial charge in [0.25, 0.3) is 0 Å². The summed E-state index contributed by atoms with van der Waals surface area (Å²) in [5.41, 5.74) is 3.10.